The van der Waals surface area contributed by atoms with Crippen molar-refractivity contribution in [2.24, 2.45) is 0 Å². The van der Waals surface area contributed by atoms with Crippen LogP contribution >= 0.6 is 0 Å². The molecule has 5 nitrogen and oxygen atoms in total. The van der Waals surface area contributed by atoms with Gasteiger partial charge in [-0.1, -0.05) is 6.07 Å². The van der Waals surface area contributed by atoms with E-state index in [1.165, 1.54) is 0 Å². The zero-order valence-corrected chi connectivity index (χ0v) is 9.94. The molecule has 5 heteroatoms. The average molecular weight is 234 g/mol. The Morgan fingerprint density at radius 2 is 2.06 bits per heavy atom. The monoisotopic (exact) mass is 234 g/mol. The minimum Gasteiger partial charge on any atom is -0.478 e. The van der Waals surface area contributed by atoms with E-state index in [0.29, 0.717) is 16.6 Å². The number of nitrogens with zero attached hydrogens (tertiary/aromatic N) is 1. The second-order valence-corrected chi connectivity index (χ2v) is 4.35. The number of aryl methyl sites for hydroxylation is 1. The van der Waals surface area contributed by atoms with Gasteiger partial charge in [-0.3, -0.25) is 4.57 Å². The highest BCUT2D eigenvalue weighted by Gasteiger charge is 2.17. The molecule has 0 fully saturated rings. The molecule has 0 bridgehead atoms. The van der Waals surface area contributed by atoms with Gasteiger partial charge in [-0.25, -0.2) is 9.59 Å². The van der Waals surface area contributed by atoms with Crippen LogP contribution in [0.25, 0.3) is 11.0 Å². The first-order chi connectivity index (χ1) is 7.93. The second kappa shape index (κ2) is 3.76. The molecule has 17 heavy (non-hydrogen) atoms. The molecule has 0 aliphatic carbocycles. The fraction of sp³-hybridized carbons (Fsp3) is 0.333. The van der Waals surface area contributed by atoms with Gasteiger partial charge in [0, 0.05) is 6.04 Å². The van der Waals surface area contributed by atoms with E-state index in [-0.39, 0.29) is 17.3 Å². The fourth-order valence-corrected chi connectivity index (χ4v) is 2.09. The van der Waals surface area contributed by atoms with E-state index < -0.39 is 5.97 Å². The number of carboxylic acids is 1. The molecule has 90 valence electrons. The van der Waals surface area contributed by atoms with Gasteiger partial charge in [0.15, 0.2) is 0 Å². The second-order valence-electron chi connectivity index (χ2n) is 4.35. The molecule has 1 heterocycles. The topological polar surface area (TPSA) is 75.1 Å². The zero-order chi connectivity index (χ0) is 12.7. The number of benzene rings is 1. The van der Waals surface area contributed by atoms with Crippen LogP contribution in [-0.4, -0.2) is 20.6 Å². The molecule has 1 aromatic heterocycles. The summed E-state index contributed by atoms with van der Waals surface area (Å²) in [6.45, 7) is 5.48. The third kappa shape index (κ3) is 1.63. The number of nitrogens with one attached hydrogen (secondary N) is 1. The van der Waals surface area contributed by atoms with Crippen LogP contribution < -0.4 is 5.69 Å². The lowest BCUT2D eigenvalue weighted by atomic mass is 10.1. The maximum Gasteiger partial charge on any atom is 0.338 e. The first-order valence-electron chi connectivity index (χ1n) is 5.40. The number of carbonyl (C=O) groups is 1. The van der Waals surface area contributed by atoms with Crippen LogP contribution in [0.1, 0.15) is 35.8 Å². The number of imidazole rings is 1. The van der Waals surface area contributed by atoms with Crippen molar-refractivity contribution in [3.63, 3.8) is 0 Å². The van der Waals surface area contributed by atoms with Crippen molar-refractivity contribution in [2.75, 3.05) is 0 Å². The summed E-state index contributed by atoms with van der Waals surface area (Å²) in [7, 11) is 0. The quantitative estimate of drug-likeness (QED) is 0.833. The molecule has 0 aliphatic heterocycles. The molecule has 0 atom stereocenters. The summed E-state index contributed by atoms with van der Waals surface area (Å²) >= 11 is 0. The van der Waals surface area contributed by atoms with Crippen LogP contribution in [0.15, 0.2) is 16.9 Å². The Kier molecular flexibility index (Phi) is 2.53. The number of carboxylic acid groups (broad SMARTS) is 1. The maximum atomic E-state index is 11.8. The number of fused-ring (bicyclic) bond motifs is 1. The SMILES string of the molecule is Cc1ccc2c([nH]c(=O)n2C(C)C)c1C(=O)O. The number of H-pyrrole nitrogens is 1. The molecular formula is C12H14N2O3. The van der Waals surface area contributed by atoms with E-state index in [1.807, 2.05) is 13.8 Å². The van der Waals surface area contributed by atoms with Crippen molar-refractivity contribution in [1.82, 2.24) is 9.55 Å². The van der Waals surface area contributed by atoms with Gasteiger partial charge in [-0.2, -0.15) is 0 Å². The van der Waals surface area contributed by atoms with Crippen molar-refractivity contribution in [3.05, 3.63) is 33.7 Å². The summed E-state index contributed by atoms with van der Waals surface area (Å²) in [6, 6.07) is 3.48. The number of hydrogen-bond donors (Lipinski definition) is 2. The van der Waals surface area contributed by atoms with Crippen LogP contribution in [0.2, 0.25) is 0 Å². The van der Waals surface area contributed by atoms with E-state index in [1.54, 1.807) is 23.6 Å². The minimum atomic E-state index is -1.02. The van der Waals surface area contributed by atoms with Crippen molar-refractivity contribution in [1.29, 1.82) is 0 Å². The van der Waals surface area contributed by atoms with Crippen LogP contribution in [0.5, 0.6) is 0 Å². The first-order valence-corrected chi connectivity index (χ1v) is 5.40. The Balaban J connectivity index is 2.94. The lowest BCUT2D eigenvalue weighted by Gasteiger charge is -2.08. The molecule has 0 amide bonds. The van der Waals surface area contributed by atoms with Crippen molar-refractivity contribution in [2.45, 2.75) is 26.8 Å². The summed E-state index contributed by atoms with van der Waals surface area (Å²) in [4.78, 5) is 25.6. The summed E-state index contributed by atoms with van der Waals surface area (Å²) < 4.78 is 1.56. The van der Waals surface area contributed by atoms with Gasteiger partial charge in [0.25, 0.3) is 0 Å². The molecular weight excluding hydrogens is 220 g/mol. The Hall–Kier alpha value is -2.04. The molecule has 1 aromatic carbocycles. The van der Waals surface area contributed by atoms with E-state index in [9.17, 15) is 14.7 Å². The Morgan fingerprint density at radius 1 is 1.41 bits per heavy atom. The number of rotatable bonds is 2. The van der Waals surface area contributed by atoms with Gasteiger partial charge < -0.3 is 10.1 Å². The Labute approximate surface area is 97.7 Å². The van der Waals surface area contributed by atoms with Crippen LogP contribution in [-0.2, 0) is 0 Å². The summed E-state index contributed by atoms with van der Waals surface area (Å²) in [5, 5.41) is 9.17. The Bertz CT molecular complexity index is 650. The lowest BCUT2D eigenvalue weighted by Crippen LogP contribution is -2.18. The molecule has 0 spiro atoms. The van der Waals surface area contributed by atoms with Gasteiger partial charge in [-0.05, 0) is 32.4 Å². The van der Waals surface area contributed by atoms with Gasteiger partial charge in [0.05, 0.1) is 16.6 Å². The van der Waals surface area contributed by atoms with E-state index in [0.717, 1.165) is 0 Å². The first kappa shape index (κ1) is 11.4. The zero-order valence-electron chi connectivity index (χ0n) is 9.94. The summed E-state index contributed by atoms with van der Waals surface area (Å²) in [5.74, 6) is -1.02. The number of hydrogen-bond acceptors (Lipinski definition) is 2. The smallest absolute Gasteiger partial charge is 0.338 e. The number of aromatic nitrogens is 2. The van der Waals surface area contributed by atoms with E-state index in [4.69, 9.17) is 0 Å². The summed E-state index contributed by atoms with van der Waals surface area (Å²) in [5.41, 5.74) is 1.56. The highest BCUT2D eigenvalue weighted by molar-refractivity contribution is 6.02. The number of aromatic carboxylic acids is 1. The van der Waals surface area contributed by atoms with E-state index >= 15 is 0 Å². The lowest BCUT2D eigenvalue weighted by molar-refractivity contribution is 0.0698. The predicted octanol–water partition coefficient (Wildman–Crippen LogP) is 1.92. The molecule has 2 rings (SSSR count). The third-order valence-electron chi connectivity index (χ3n) is 2.83. The molecule has 2 N–H and O–H groups in total. The van der Waals surface area contributed by atoms with Crippen LogP contribution in [0.3, 0.4) is 0 Å². The van der Waals surface area contributed by atoms with Gasteiger partial charge >= 0.3 is 11.7 Å². The summed E-state index contributed by atoms with van der Waals surface area (Å²) in [6.07, 6.45) is 0. The molecule has 0 saturated heterocycles. The average Bonchev–Trinajstić information content (AvgIpc) is 2.52. The van der Waals surface area contributed by atoms with Crippen LogP contribution in [0, 0.1) is 6.92 Å². The van der Waals surface area contributed by atoms with Gasteiger partial charge in [-0.15, -0.1) is 0 Å². The highest BCUT2D eigenvalue weighted by atomic mass is 16.4. The van der Waals surface area contributed by atoms with Gasteiger partial charge in [0.1, 0.15) is 0 Å². The third-order valence-corrected chi connectivity index (χ3v) is 2.83. The minimum absolute atomic E-state index is 0.0133. The molecule has 0 aliphatic rings. The van der Waals surface area contributed by atoms with Gasteiger partial charge in [0.2, 0.25) is 0 Å². The maximum absolute atomic E-state index is 11.8. The molecule has 2 aromatic rings. The van der Waals surface area contributed by atoms with Crippen LogP contribution in [0.4, 0.5) is 0 Å². The van der Waals surface area contributed by atoms with Crippen molar-refractivity contribution >= 4 is 17.0 Å². The Morgan fingerprint density at radius 3 is 2.59 bits per heavy atom. The highest BCUT2D eigenvalue weighted by Crippen LogP contribution is 2.21. The standard InChI is InChI=1S/C12H14N2O3/c1-6(2)14-8-5-4-7(3)9(11(15)16)10(8)13-12(14)17/h4-6H,1-3H3,(H,13,17)(H,15,16). The fourth-order valence-electron chi connectivity index (χ4n) is 2.09. The molecule has 0 unspecified atom stereocenters. The largest absolute Gasteiger partial charge is 0.478 e. The van der Waals surface area contributed by atoms with Crippen molar-refractivity contribution < 1.29 is 9.90 Å². The molecule has 0 saturated carbocycles. The predicted molar refractivity (Wildman–Crippen MR) is 64.6 cm³/mol. The van der Waals surface area contributed by atoms with Crippen molar-refractivity contribution in [3.8, 4) is 0 Å². The number of aromatic amines is 1. The normalized spacial score (nSPS) is 11.3. The molecule has 0 radical (unpaired) electrons. The van der Waals surface area contributed by atoms with E-state index in [2.05, 4.69) is 4.98 Å².